The summed E-state index contributed by atoms with van der Waals surface area (Å²) in [6.07, 6.45) is 3.54. The van der Waals surface area contributed by atoms with E-state index < -0.39 is 9.70 Å². The molecule has 0 unspecified atom stereocenters. The maximum atomic E-state index is 11.5. The maximum Gasteiger partial charge on any atom is 0.275 e. The fourth-order valence-corrected chi connectivity index (χ4v) is 1.78. The van der Waals surface area contributed by atoms with E-state index in [0.29, 0.717) is 6.54 Å². The molecule has 1 heterocycles. The molecule has 13 heavy (non-hydrogen) atoms. The summed E-state index contributed by atoms with van der Waals surface area (Å²) < 4.78 is -1.84. The Bertz CT molecular complexity index is 224. The largest absolute Gasteiger partial charge is 0.333 e. The number of likely N-dealkylation sites (tertiary alicyclic amines) is 1. The van der Waals surface area contributed by atoms with Gasteiger partial charge in [0.05, 0.1) is 0 Å². The first-order chi connectivity index (χ1) is 5.96. The van der Waals surface area contributed by atoms with Crippen molar-refractivity contribution in [3.63, 3.8) is 0 Å². The van der Waals surface area contributed by atoms with Crippen molar-refractivity contribution in [3.05, 3.63) is 12.7 Å². The topological polar surface area (TPSA) is 20.3 Å². The smallest absolute Gasteiger partial charge is 0.275 e. The van der Waals surface area contributed by atoms with Gasteiger partial charge in [0.15, 0.2) is 0 Å². The summed E-state index contributed by atoms with van der Waals surface area (Å²) in [6, 6.07) is 0.0168. The van der Waals surface area contributed by atoms with Gasteiger partial charge in [-0.15, -0.1) is 6.58 Å². The van der Waals surface area contributed by atoms with Crippen molar-refractivity contribution in [3.8, 4) is 0 Å². The molecule has 1 rings (SSSR count). The number of hydrogen-bond acceptors (Lipinski definition) is 1. The van der Waals surface area contributed by atoms with Crippen LogP contribution in [0.2, 0.25) is 0 Å². The van der Waals surface area contributed by atoms with Crippen LogP contribution < -0.4 is 0 Å². The molecule has 0 aromatic heterocycles. The summed E-state index contributed by atoms with van der Waals surface area (Å²) in [6.45, 7) is 4.28. The minimum atomic E-state index is -1.84. The van der Waals surface area contributed by atoms with E-state index in [1.165, 1.54) is 0 Å². The Morgan fingerprint density at radius 3 is 2.62 bits per heavy atom. The van der Waals surface area contributed by atoms with Gasteiger partial charge < -0.3 is 4.90 Å². The highest BCUT2D eigenvalue weighted by atomic mass is 35.6. The SMILES string of the molecule is C=C[C@@H]1CCCN1C(=O)C(Cl)(Cl)Cl. The Morgan fingerprint density at radius 1 is 1.54 bits per heavy atom. The zero-order valence-corrected chi connectivity index (χ0v) is 9.24. The number of amides is 1. The van der Waals surface area contributed by atoms with Gasteiger partial charge in [-0.3, -0.25) is 4.79 Å². The lowest BCUT2D eigenvalue weighted by molar-refractivity contribution is -0.130. The van der Waals surface area contributed by atoms with Gasteiger partial charge in [0.1, 0.15) is 0 Å². The predicted octanol–water partition coefficient (Wildman–Crippen LogP) is 2.53. The number of nitrogens with zero attached hydrogens (tertiary/aromatic N) is 1. The lowest BCUT2D eigenvalue weighted by Crippen LogP contribution is -2.41. The van der Waals surface area contributed by atoms with Gasteiger partial charge in [-0.25, -0.2) is 0 Å². The van der Waals surface area contributed by atoms with Crippen LogP contribution >= 0.6 is 34.8 Å². The Morgan fingerprint density at radius 2 is 2.15 bits per heavy atom. The van der Waals surface area contributed by atoms with Gasteiger partial charge in [0.25, 0.3) is 9.70 Å². The molecule has 0 aromatic rings. The van der Waals surface area contributed by atoms with Crippen molar-refractivity contribution in [2.75, 3.05) is 6.54 Å². The Hall–Kier alpha value is 0.0800. The Kier molecular flexibility index (Phi) is 3.50. The predicted molar refractivity (Wildman–Crippen MR) is 55.2 cm³/mol. The summed E-state index contributed by atoms with van der Waals surface area (Å²) in [4.78, 5) is 13.1. The van der Waals surface area contributed by atoms with Gasteiger partial charge in [-0.2, -0.15) is 0 Å². The second-order valence-electron chi connectivity index (χ2n) is 2.94. The number of carbonyl (C=O) groups is 1. The van der Waals surface area contributed by atoms with Crippen LogP contribution in [-0.2, 0) is 4.79 Å². The van der Waals surface area contributed by atoms with E-state index in [1.807, 2.05) is 0 Å². The maximum absolute atomic E-state index is 11.5. The molecule has 0 spiro atoms. The molecule has 0 radical (unpaired) electrons. The molecule has 1 aliphatic rings. The number of carbonyl (C=O) groups excluding carboxylic acids is 1. The minimum Gasteiger partial charge on any atom is -0.333 e. The summed E-state index contributed by atoms with van der Waals surface area (Å²) in [5, 5.41) is 0. The fraction of sp³-hybridized carbons (Fsp3) is 0.625. The fourth-order valence-electron chi connectivity index (χ4n) is 1.45. The Labute approximate surface area is 92.4 Å². The van der Waals surface area contributed by atoms with Crippen LogP contribution in [0, 0.1) is 0 Å². The monoisotopic (exact) mass is 241 g/mol. The quantitative estimate of drug-likeness (QED) is 0.511. The van der Waals surface area contributed by atoms with Crippen molar-refractivity contribution in [1.82, 2.24) is 4.90 Å². The lowest BCUT2D eigenvalue weighted by atomic mass is 10.2. The summed E-state index contributed by atoms with van der Waals surface area (Å²) >= 11 is 16.5. The molecule has 74 valence electrons. The molecule has 5 heteroatoms. The molecule has 1 fully saturated rings. The van der Waals surface area contributed by atoms with Crippen LogP contribution in [0.25, 0.3) is 0 Å². The first-order valence-corrected chi connectivity index (χ1v) is 5.10. The third-order valence-corrected chi connectivity index (χ3v) is 2.56. The van der Waals surface area contributed by atoms with Crippen LogP contribution in [-0.4, -0.2) is 27.2 Å². The molecule has 0 aliphatic carbocycles. The molecular formula is C8H10Cl3NO. The molecule has 1 aliphatic heterocycles. The third kappa shape index (κ3) is 2.52. The molecule has 0 N–H and O–H groups in total. The standard InChI is InChI=1S/C8H10Cl3NO/c1-2-6-4-3-5-12(6)7(13)8(9,10)11/h2,6H,1,3-5H2/t6-/m1/s1. The zero-order chi connectivity index (χ0) is 10.1. The molecule has 2 nitrogen and oxygen atoms in total. The summed E-state index contributed by atoms with van der Waals surface area (Å²) in [5.74, 6) is -0.458. The average Bonchev–Trinajstić information content (AvgIpc) is 2.48. The van der Waals surface area contributed by atoms with E-state index in [-0.39, 0.29) is 6.04 Å². The van der Waals surface area contributed by atoms with E-state index in [9.17, 15) is 4.79 Å². The number of hydrogen-bond donors (Lipinski definition) is 0. The minimum absolute atomic E-state index is 0.0168. The zero-order valence-electron chi connectivity index (χ0n) is 6.97. The van der Waals surface area contributed by atoms with Gasteiger partial charge in [0, 0.05) is 12.6 Å². The van der Waals surface area contributed by atoms with Gasteiger partial charge >= 0.3 is 0 Å². The molecule has 1 saturated heterocycles. The van der Waals surface area contributed by atoms with Crippen molar-refractivity contribution < 1.29 is 4.79 Å². The normalized spacial score (nSPS) is 23.3. The van der Waals surface area contributed by atoms with E-state index in [2.05, 4.69) is 6.58 Å². The molecule has 1 amide bonds. The van der Waals surface area contributed by atoms with Crippen LogP contribution in [0.15, 0.2) is 12.7 Å². The number of rotatable bonds is 1. The van der Waals surface area contributed by atoms with Crippen molar-refractivity contribution in [2.45, 2.75) is 22.7 Å². The second-order valence-corrected chi connectivity index (χ2v) is 5.22. The summed E-state index contributed by atoms with van der Waals surface area (Å²) in [5.41, 5.74) is 0. The van der Waals surface area contributed by atoms with Gasteiger partial charge in [-0.05, 0) is 12.8 Å². The highest BCUT2D eigenvalue weighted by Crippen LogP contribution is 2.32. The Balaban J connectivity index is 2.71. The lowest BCUT2D eigenvalue weighted by Gasteiger charge is -2.25. The highest BCUT2D eigenvalue weighted by Gasteiger charge is 2.39. The van der Waals surface area contributed by atoms with E-state index in [1.54, 1.807) is 11.0 Å². The second kappa shape index (κ2) is 4.07. The van der Waals surface area contributed by atoms with E-state index in [4.69, 9.17) is 34.8 Å². The van der Waals surface area contributed by atoms with Crippen LogP contribution in [0.5, 0.6) is 0 Å². The third-order valence-electron chi connectivity index (χ3n) is 2.07. The van der Waals surface area contributed by atoms with Crippen LogP contribution in [0.3, 0.4) is 0 Å². The average molecular weight is 243 g/mol. The van der Waals surface area contributed by atoms with Crippen LogP contribution in [0.1, 0.15) is 12.8 Å². The highest BCUT2D eigenvalue weighted by molar-refractivity contribution is 6.76. The van der Waals surface area contributed by atoms with E-state index in [0.717, 1.165) is 12.8 Å². The summed E-state index contributed by atoms with van der Waals surface area (Å²) in [7, 11) is 0. The van der Waals surface area contributed by atoms with Crippen molar-refractivity contribution in [2.24, 2.45) is 0 Å². The first kappa shape index (κ1) is 11.2. The molecular weight excluding hydrogens is 232 g/mol. The molecule has 1 atom stereocenters. The number of alkyl halides is 3. The van der Waals surface area contributed by atoms with Gasteiger partial charge in [0.2, 0.25) is 0 Å². The molecule has 0 saturated carbocycles. The number of halogens is 3. The van der Waals surface area contributed by atoms with Crippen molar-refractivity contribution in [1.29, 1.82) is 0 Å². The van der Waals surface area contributed by atoms with E-state index >= 15 is 0 Å². The van der Waals surface area contributed by atoms with Crippen molar-refractivity contribution >= 4 is 40.7 Å². The first-order valence-electron chi connectivity index (χ1n) is 3.97. The molecule has 0 bridgehead atoms. The molecule has 0 aromatic carbocycles. The van der Waals surface area contributed by atoms with Crippen LogP contribution in [0.4, 0.5) is 0 Å². The van der Waals surface area contributed by atoms with Gasteiger partial charge in [-0.1, -0.05) is 40.9 Å².